The second-order valence-electron chi connectivity index (χ2n) is 4.13. The van der Waals surface area contributed by atoms with E-state index in [4.69, 9.17) is 0 Å². The van der Waals surface area contributed by atoms with Gasteiger partial charge in [-0.1, -0.05) is 6.92 Å². The standard InChI is InChI=1S/C11H19N3O/c1-2-7-14-8-6-13-11(14)10(15)9-4-3-5-12-9/h6,8-10,12,15H,2-5,7H2,1H3. The van der Waals surface area contributed by atoms with Gasteiger partial charge in [0.2, 0.25) is 0 Å². The number of hydrogen-bond donors (Lipinski definition) is 2. The molecule has 0 spiro atoms. The molecule has 2 rings (SSSR count). The van der Waals surface area contributed by atoms with Crippen molar-refractivity contribution in [2.24, 2.45) is 0 Å². The average Bonchev–Trinajstić information content (AvgIpc) is 2.87. The van der Waals surface area contributed by atoms with Gasteiger partial charge < -0.3 is 15.0 Å². The van der Waals surface area contributed by atoms with Crippen molar-refractivity contribution < 1.29 is 5.11 Å². The molecular weight excluding hydrogens is 190 g/mol. The molecule has 1 aliphatic heterocycles. The number of aromatic nitrogens is 2. The number of nitrogens with one attached hydrogen (secondary N) is 1. The number of rotatable bonds is 4. The fraction of sp³-hybridized carbons (Fsp3) is 0.727. The first-order valence-electron chi connectivity index (χ1n) is 5.75. The van der Waals surface area contributed by atoms with Gasteiger partial charge in [0, 0.05) is 25.0 Å². The van der Waals surface area contributed by atoms with Crippen molar-refractivity contribution in [3.05, 3.63) is 18.2 Å². The van der Waals surface area contributed by atoms with Crippen LogP contribution in [0.25, 0.3) is 0 Å². The Morgan fingerprint density at radius 1 is 1.73 bits per heavy atom. The third-order valence-electron chi connectivity index (χ3n) is 2.96. The van der Waals surface area contributed by atoms with E-state index in [-0.39, 0.29) is 6.04 Å². The molecule has 2 unspecified atom stereocenters. The predicted octanol–water partition coefficient (Wildman–Crippen LogP) is 1.08. The smallest absolute Gasteiger partial charge is 0.139 e. The van der Waals surface area contributed by atoms with Gasteiger partial charge in [-0.15, -0.1) is 0 Å². The van der Waals surface area contributed by atoms with Crippen LogP contribution in [0, 0.1) is 0 Å². The van der Waals surface area contributed by atoms with Gasteiger partial charge in [0.15, 0.2) is 0 Å². The highest BCUT2D eigenvalue weighted by molar-refractivity contribution is 5.01. The van der Waals surface area contributed by atoms with E-state index in [1.807, 2.05) is 10.8 Å². The first kappa shape index (κ1) is 10.6. The summed E-state index contributed by atoms with van der Waals surface area (Å²) in [5.41, 5.74) is 0. The molecule has 2 atom stereocenters. The molecule has 1 saturated heterocycles. The second-order valence-corrected chi connectivity index (χ2v) is 4.13. The molecule has 2 N–H and O–H groups in total. The number of nitrogens with zero attached hydrogens (tertiary/aromatic N) is 2. The molecule has 0 saturated carbocycles. The maximum absolute atomic E-state index is 10.2. The van der Waals surface area contributed by atoms with Crippen LogP contribution >= 0.6 is 0 Å². The fourth-order valence-electron chi connectivity index (χ4n) is 2.18. The van der Waals surface area contributed by atoms with Gasteiger partial charge in [-0.05, 0) is 25.8 Å². The summed E-state index contributed by atoms with van der Waals surface area (Å²) in [5, 5.41) is 13.5. The number of imidazole rings is 1. The Morgan fingerprint density at radius 2 is 2.60 bits per heavy atom. The zero-order chi connectivity index (χ0) is 10.7. The minimum Gasteiger partial charge on any atom is -0.384 e. The van der Waals surface area contributed by atoms with Gasteiger partial charge in [0.05, 0.1) is 0 Å². The summed E-state index contributed by atoms with van der Waals surface area (Å²) in [6.07, 6.45) is 6.50. The Morgan fingerprint density at radius 3 is 3.27 bits per heavy atom. The maximum atomic E-state index is 10.2. The zero-order valence-corrected chi connectivity index (χ0v) is 9.19. The Bertz CT molecular complexity index is 305. The SMILES string of the molecule is CCCn1ccnc1C(O)C1CCCN1. The maximum Gasteiger partial charge on any atom is 0.139 e. The average molecular weight is 209 g/mol. The van der Waals surface area contributed by atoms with Crippen LogP contribution in [0.15, 0.2) is 12.4 Å². The van der Waals surface area contributed by atoms with Crippen molar-refractivity contribution in [3.63, 3.8) is 0 Å². The van der Waals surface area contributed by atoms with Crippen LogP contribution in [0.1, 0.15) is 38.1 Å². The first-order valence-corrected chi connectivity index (χ1v) is 5.75. The van der Waals surface area contributed by atoms with Crippen LogP contribution in [0.2, 0.25) is 0 Å². The van der Waals surface area contributed by atoms with Crippen molar-refractivity contribution >= 4 is 0 Å². The zero-order valence-electron chi connectivity index (χ0n) is 9.19. The van der Waals surface area contributed by atoms with Crippen LogP contribution in [0.5, 0.6) is 0 Å². The molecule has 1 aliphatic rings. The lowest BCUT2D eigenvalue weighted by atomic mass is 10.1. The highest BCUT2D eigenvalue weighted by atomic mass is 16.3. The Balaban J connectivity index is 2.09. The van der Waals surface area contributed by atoms with E-state index in [1.54, 1.807) is 6.20 Å². The molecule has 1 fully saturated rings. The lowest BCUT2D eigenvalue weighted by molar-refractivity contribution is 0.124. The summed E-state index contributed by atoms with van der Waals surface area (Å²) in [6, 6.07) is 0.183. The first-order chi connectivity index (χ1) is 7.33. The van der Waals surface area contributed by atoms with Gasteiger partial charge >= 0.3 is 0 Å². The number of aliphatic hydroxyl groups is 1. The fourth-order valence-corrected chi connectivity index (χ4v) is 2.18. The van der Waals surface area contributed by atoms with E-state index in [0.29, 0.717) is 0 Å². The molecule has 84 valence electrons. The van der Waals surface area contributed by atoms with E-state index in [9.17, 15) is 5.11 Å². The summed E-state index contributed by atoms with van der Waals surface area (Å²) in [7, 11) is 0. The molecule has 1 aromatic rings. The van der Waals surface area contributed by atoms with Crippen LogP contribution in [-0.4, -0.2) is 27.2 Å². The lowest BCUT2D eigenvalue weighted by Gasteiger charge is -2.18. The topological polar surface area (TPSA) is 50.1 Å². The highest BCUT2D eigenvalue weighted by Crippen LogP contribution is 2.21. The number of aryl methyl sites for hydroxylation is 1. The van der Waals surface area contributed by atoms with Gasteiger partial charge in [-0.2, -0.15) is 0 Å². The summed E-state index contributed by atoms with van der Waals surface area (Å²) in [5.74, 6) is 0.802. The van der Waals surface area contributed by atoms with Crippen LogP contribution in [-0.2, 0) is 6.54 Å². The van der Waals surface area contributed by atoms with Crippen molar-refractivity contribution in [1.82, 2.24) is 14.9 Å². The number of aliphatic hydroxyl groups excluding tert-OH is 1. The Hall–Kier alpha value is -0.870. The van der Waals surface area contributed by atoms with E-state index < -0.39 is 6.10 Å². The van der Waals surface area contributed by atoms with Gasteiger partial charge in [-0.25, -0.2) is 4.98 Å². The van der Waals surface area contributed by atoms with Gasteiger partial charge in [0.1, 0.15) is 11.9 Å². The molecular formula is C11H19N3O. The summed E-state index contributed by atoms with van der Waals surface area (Å²) in [6.45, 7) is 4.07. The third-order valence-corrected chi connectivity index (χ3v) is 2.96. The molecule has 4 heteroatoms. The summed E-state index contributed by atoms with van der Waals surface area (Å²) < 4.78 is 2.05. The largest absolute Gasteiger partial charge is 0.384 e. The van der Waals surface area contributed by atoms with E-state index in [1.165, 1.54) is 0 Å². The van der Waals surface area contributed by atoms with Crippen LogP contribution < -0.4 is 5.32 Å². The molecule has 15 heavy (non-hydrogen) atoms. The Labute approximate surface area is 90.3 Å². The second kappa shape index (κ2) is 4.77. The van der Waals surface area contributed by atoms with Gasteiger partial charge in [0.25, 0.3) is 0 Å². The molecule has 2 heterocycles. The molecule has 0 aliphatic carbocycles. The lowest BCUT2D eigenvalue weighted by Crippen LogP contribution is -2.30. The van der Waals surface area contributed by atoms with Gasteiger partial charge in [-0.3, -0.25) is 0 Å². The quantitative estimate of drug-likeness (QED) is 0.780. The van der Waals surface area contributed by atoms with Crippen molar-refractivity contribution in [3.8, 4) is 0 Å². The molecule has 0 amide bonds. The molecule has 1 aromatic heterocycles. The van der Waals surface area contributed by atoms with Crippen LogP contribution in [0.3, 0.4) is 0 Å². The highest BCUT2D eigenvalue weighted by Gasteiger charge is 2.26. The summed E-state index contributed by atoms with van der Waals surface area (Å²) >= 11 is 0. The minimum atomic E-state index is -0.464. The van der Waals surface area contributed by atoms with E-state index in [0.717, 1.165) is 38.2 Å². The predicted molar refractivity (Wildman–Crippen MR) is 58.5 cm³/mol. The Kier molecular flexibility index (Phi) is 3.38. The molecule has 0 aromatic carbocycles. The molecule has 0 bridgehead atoms. The summed E-state index contributed by atoms with van der Waals surface area (Å²) in [4.78, 5) is 4.25. The molecule has 4 nitrogen and oxygen atoms in total. The normalized spacial score (nSPS) is 23.2. The van der Waals surface area contributed by atoms with E-state index >= 15 is 0 Å². The van der Waals surface area contributed by atoms with E-state index in [2.05, 4.69) is 17.2 Å². The third kappa shape index (κ3) is 2.21. The number of hydrogen-bond acceptors (Lipinski definition) is 3. The van der Waals surface area contributed by atoms with Crippen molar-refractivity contribution in [2.45, 2.75) is 44.9 Å². The van der Waals surface area contributed by atoms with Crippen molar-refractivity contribution in [1.29, 1.82) is 0 Å². The van der Waals surface area contributed by atoms with Crippen LogP contribution in [0.4, 0.5) is 0 Å². The minimum absolute atomic E-state index is 0.183. The van der Waals surface area contributed by atoms with Crippen molar-refractivity contribution in [2.75, 3.05) is 6.54 Å². The monoisotopic (exact) mass is 209 g/mol. The molecule has 0 radical (unpaired) electrons.